The number of methoxy groups -OCH3 is 1. The van der Waals surface area contributed by atoms with E-state index in [0.29, 0.717) is 30.2 Å². The van der Waals surface area contributed by atoms with Crippen molar-refractivity contribution >= 4 is 33.3 Å². The van der Waals surface area contributed by atoms with Crippen molar-refractivity contribution < 1.29 is 17.9 Å². The molecule has 0 aromatic heterocycles. The lowest BCUT2D eigenvalue weighted by atomic mass is 10.1. The minimum absolute atomic E-state index is 0.364. The molecule has 0 saturated carbocycles. The lowest BCUT2D eigenvalue weighted by molar-refractivity contribution is 0.198. The lowest BCUT2D eigenvalue weighted by Gasteiger charge is -2.13. The zero-order chi connectivity index (χ0) is 16.5. The van der Waals surface area contributed by atoms with Crippen molar-refractivity contribution in [3.8, 4) is 0 Å². The van der Waals surface area contributed by atoms with Crippen molar-refractivity contribution in [1.82, 2.24) is 5.32 Å². The first kappa shape index (κ1) is 16.4. The van der Waals surface area contributed by atoms with Crippen LogP contribution in [0.2, 0.25) is 0 Å². The van der Waals surface area contributed by atoms with E-state index in [1.807, 2.05) is 6.92 Å². The largest absolute Gasteiger partial charge is 0.383 e. The van der Waals surface area contributed by atoms with Gasteiger partial charge in [0.25, 0.3) is 0 Å². The Hall–Kier alpha value is -2.00. The van der Waals surface area contributed by atoms with E-state index in [-0.39, 0.29) is 6.03 Å². The number of amides is 2. The zero-order valence-corrected chi connectivity index (χ0v) is 13.8. The van der Waals surface area contributed by atoms with Crippen LogP contribution in [0, 0.1) is 6.92 Å². The number of nitrogens with one attached hydrogen (secondary N) is 2. The highest BCUT2D eigenvalue weighted by atomic mass is 32.2. The van der Waals surface area contributed by atoms with Gasteiger partial charge in [0.1, 0.15) is 0 Å². The zero-order valence-electron chi connectivity index (χ0n) is 13.0. The van der Waals surface area contributed by atoms with Crippen LogP contribution in [0.15, 0.2) is 12.1 Å². The molecule has 9 heteroatoms. The monoisotopic (exact) mass is 328 g/mol. The highest BCUT2D eigenvalue weighted by Crippen LogP contribution is 2.41. The number of fused-ring (bicyclic) bond motifs is 1. The van der Waals surface area contributed by atoms with Crippen LogP contribution in [-0.4, -0.2) is 48.8 Å². The third kappa shape index (κ3) is 2.81. The average molecular weight is 328 g/mol. The molecule has 2 N–H and O–H groups in total. The predicted octanol–water partition coefficient (Wildman–Crippen LogP) is 0.894. The standard InChI is InChI=1S/C13H20N4O4S/c1-9-7-11-12(17(3)22(19,20)16(11)2)8-10(9)15-13(18)14-5-6-21-4/h7-8H,5-6H2,1-4H3,(H2,14,15,18). The summed E-state index contributed by atoms with van der Waals surface area (Å²) < 4.78 is 31.5. The Bertz CT molecular complexity index is 690. The van der Waals surface area contributed by atoms with Gasteiger partial charge in [-0.25, -0.2) is 4.79 Å². The fraction of sp³-hybridized carbons (Fsp3) is 0.462. The first-order valence-electron chi connectivity index (χ1n) is 6.70. The molecule has 0 spiro atoms. The third-order valence-corrected chi connectivity index (χ3v) is 5.31. The van der Waals surface area contributed by atoms with E-state index < -0.39 is 10.2 Å². The van der Waals surface area contributed by atoms with Gasteiger partial charge in [-0.15, -0.1) is 0 Å². The summed E-state index contributed by atoms with van der Waals surface area (Å²) in [4.78, 5) is 11.8. The molecule has 1 aliphatic rings. The second-order valence-electron chi connectivity index (χ2n) is 4.97. The maximum absolute atomic E-state index is 12.1. The number of nitrogens with zero attached hydrogens (tertiary/aromatic N) is 2. The summed E-state index contributed by atoms with van der Waals surface area (Å²) in [6.45, 7) is 2.62. The predicted molar refractivity (Wildman–Crippen MR) is 85.8 cm³/mol. The van der Waals surface area contributed by atoms with Gasteiger partial charge in [0.15, 0.2) is 0 Å². The van der Waals surface area contributed by atoms with Crippen LogP contribution < -0.4 is 19.2 Å². The fourth-order valence-corrected chi connectivity index (χ4v) is 3.34. The van der Waals surface area contributed by atoms with Crippen LogP contribution in [-0.2, 0) is 14.9 Å². The molecule has 22 heavy (non-hydrogen) atoms. The normalized spacial score (nSPS) is 15.6. The van der Waals surface area contributed by atoms with Gasteiger partial charge >= 0.3 is 16.2 Å². The molecule has 0 bridgehead atoms. The van der Waals surface area contributed by atoms with Gasteiger partial charge < -0.3 is 15.4 Å². The minimum atomic E-state index is -3.52. The Labute approximate surface area is 130 Å². The quantitative estimate of drug-likeness (QED) is 0.803. The van der Waals surface area contributed by atoms with Crippen LogP contribution in [0.4, 0.5) is 21.9 Å². The van der Waals surface area contributed by atoms with E-state index in [0.717, 1.165) is 5.56 Å². The van der Waals surface area contributed by atoms with Gasteiger partial charge in [-0.1, -0.05) is 0 Å². The molecule has 8 nitrogen and oxygen atoms in total. The van der Waals surface area contributed by atoms with Gasteiger partial charge in [0.2, 0.25) is 0 Å². The number of carbonyl (C=O) groups is 1. The molecule has 0 radical (unpaired) electrons. The Kier molecular flexibility index (Phi) is 4.47. The minimum Gasteiger partial charge on any atom is -0.383 e. The van der Waals surface area contributed by atoms with Crippen molar-refractivity contribution in [2.45, 2.75) is 6.92 Å². The average Bonchev–Trinajstić information content (AvgIpc) is 2.62. The number of hydrogen-bond donors (Lipinski definition) is 2. The SMILES string of the molecule is COCCNC(=O)Nc1cc2c(cc1C)N(C)S(=O)(=O)N2C. The number of hydrogen-bond acceptors (Lipinski definition) is 4. The molecule has 122 valence electrons. The van der Waals surface area contributed by atoms with E-state index in [1.54, 1.807) is 19.2 Å². The molecular weight excluding hydrogens is 308 g/mol. The van der Waals surface area contributed by atoms with E-state index >= 15 is 0 Å². The third-order valence-electron chi connectivity index (χ3n) is 3.53. The van der Waals surface area contributed by atoms with Crippen LogP contribution in [0.5, 0.6) is 0 Å². The van der Waals surface area contributed by atoms with E-state index in [2.05, 4.69) is 10.6 Å². The molecule has 2 rings (SSSR count). The summed E-state index contributed by atoms with van der Waals surface area (Å²) in [6, 6.07) is 3.03. The summed E-state index contributed by atoms with van der Waals surface area (Å²) >= 11 is 0. The number of carbonyl (C=O) groups excluding carboxylic acids is 1. The van der Waals surface area contributed by atoms with E-state index in [4.69, 9.17) is 4.74 Å². The van der Waals surface area contributed by atoms with Crippen LogP contribution >= 0.6 is 0 Å². The first-order valence-corrected chi connectivity index (χ1v) is 8.10. The Morgan fingerprint density at radius 2 is 1.82 bits per heavy atom. The number of anilines is 3. The molecule has 0 saturated heterocycles. The number of benzene rings is 1. The Morgan fingerprint density at radius 1 is 1.23 bits per heavy atom. The Balaban J connectivity index is 2.23. The molecular formula is C13H20N4O4S. The first-order chi connectivity index (χ1) is 10.3. The molecule has 1 heterocycles. The number of aryl methyl sites for hydroxylation is 1. The van der Waals surface area contributed by atoms with Crippen molar-refractivity contribution in [1.29, 1.82) is 0 Å². The molecule has 1 aromatic rings. The summed E-state index contributed by atoms with van der Waals surface area (Å²) in [5.74, 6) is 0. The molecule has 0 aliphatic carbocycles. The van der Waals surface area contributed by atoms with Gasteiger partial charge in [0.05, 0.1) is 18.0 Å². The van der Waals surface area contributed by atoms with Gasteiger partial charge in [-0.05, 0) is 24.6 Å². The summed E-state index contributed by atoms with van der Waals surface area (Å²) in [5.41, 5.74) is 2.45. The molecule has 1 aliphatic heterocycles. The summed E-state index contributed by atoms with van der Waals surface area (Å²) in [5, 5.41) is 5.36. The van der Waals surface area contributed by atoms with Crippen molar-refractivity contribution in [3.63, 3.8) is 0 Å². The fourth-order valence-electron chi connectivity index (χ4n) is 2.19. The molecule has 0 fully saturated rings. The summed E-state index contributed by atoms with van der Waals surface area (Å²) in [7, 11) is 1.02. The van der Waals surface area contributed by atoms with Crippen LogP contribution in [0.25, 0.3) is 0 Å². The molecule has 1 aromatic carbocycles. The van der Waals surface area contributed by atoms with Gasteiger partial charge in [-0.3, -0.25) is 8.61 Å². The topological polar surface area (TPSA) is 91.0 Å². The second-order valence-corrected chi connectivity index (χ2v) is 6.96. The van der Waals surface area contributed by atoms with Crippen molar-refractivity contribution in [2.24, 2.45) is 0 Å². The number of ether oxygens (including phenoxy) is 1. The molecule has 0 atom stereocenters. The van der Waals surface area contributed by atoms with Gasteiger partial charge in [0, 0.05) is 33.4 Å². The maximum Gasteiger partial charge on any atom is 0.326 e. The van der Waals surface area contributed by atoms with Crippen LogP contribution in [0.1, 0.15) is 5.56 Å². The second kappa shape index (κ2) is 6.01. The van der Waals surface area contributed by atoms with Gasteiger partial charge in [-0.2, -0.15) is 8.42 Å². The Morgan fingerprint density at radius 3 is 2.41 bits per heavy atom. The molecule has 0 unspecified atom stereocenters. The van der Waals surface area contributed by atoms with Crippen molar-refractivity contribution in [2.75, 3.05) is 48.3 Å². The highest BCUT2D eigenvalue weighted by Gasteiger charge is 2.35. The van der Waals surface area contributed by atoms with Crippen LogP contribution in [0.3, 0.4) is 0 Å². The smallest absolute Gasteiger partial charge is 0.326 e. The van der Waals surface area contributed by atoms with E-state index in [1.165, 1.54) is 22.7 Å². The maximum atomic E-state index is 12.1. The van der Waals surface area contributed by atoms with Crippen molar-refractivity contribution in [3.05, 3.63) is 17.7 Å². The lowest BCUT2D eigenvalue weighted by Crippen LogP contribution is -2.32. The number of urea groups is 1. The summed E-state index contributed by atoms with van der Waals surface area (Å²) in [6.07, 6.45) is 0. The highest BCUT2D eigenvalue weighted by molar-refractivity contribution is 7.94. The number of rotatable bonds is 4. The molecule has 2 amide bonds. The van der Waals surface area contributed by atoms with E-state index in [9.17, 15) is 13.2 Å².